The van der Waals surface area contributed by atoms with Gasteiger partial charge in [-0.25, -0.2) is 4.98 Å². The Morgan fingerprint density at radius 3 is 2.79 bits per heavy atom. The van der Waals surface area contributed by atoms with Crippen LogP contribution >= 0.6 is 24.0 Å². The fourth-order valence-electron chi connectivity index (χ4n) is 2.68. The molecule has 0 radical (unpaired) electrons. The minimum Gasteiger partial charge on any atom is -0.508 e. The monoisotopic (exact) mass is 407 g/mol. The van der Waals surface area contributed by atoms with Crippen molar-refractivity contribution in [2.75, 3.05) is 0 Å². The van der Waals surface area contributed by atoms with Gasteiger partial charge in [0.25, 0.3) is 11.5 Å². The number of carbonyl (C=O) groups excluding carboxylic acids is 1. The predicted molar refractivity (Wildman–Crippen MR) is 115 cm³/mol. The summed E-state index contributed by atoms with van der Waals surface area (Å²) in [5.74, 6) is -0.183. The SMILES string of the molecule is O=C1/C(=C\c2cccc(O)c2)SC(=S)N1/C=C\c1nc2ccccc2[nH]c1=O. The van der Waals surface area contributed by atoms with Crippen molar-refractivity contribution >= 4 is 57.4 Å². The molecule has 0 atom stereocenters. The highest BCUT2D eigenvalue weighted by atomic mass is 32.2. The molecule has 1 saturated heterocycles. The molecule has 8 heteroatoms. The van der Waals surface area contributed by atoms with E-state index in [1.807, 2.05) is 12.1 Å². The maximum atomic E-state index is 12.7. The number of benzene rings is 2. The lowest BCUT2D eigenvalue weighted by molar-refractivity contribution is -0.120. The quantitative estimate of drug-likeness (QED) is 0.511. The van der Waals surface area contributed by atoms with Crippen molar-refractivity contribution in [2.45, 2.75) is 0 Å². The molecule has 1 aliphatic rings. The van der Waals surface area contributed by atoms with Crippen molar-refractivity contribution in [3.8, 4) is 5.75 Å². The molecular weight excluding hydrogens is 394 g/mol. The number of phenols is 1. The van der Waals surface area contributed by atoms with Crippen LogP contribution in [0.4, 0.5) is 0 Å². The molecule has 2 heterocycles. The molecule has 1 aromatic heterocycles. The maximum absolute atomic E-state index is 12.7. The van der Waals surface area contributed by atoms with Crippen LogP contribution in [0, 0.1) is 0 Å². The fraction of sp³-hybridized carbons (Fsp3) is 0. The highest BCUT2D eigenvalue weighted by Crippen LogP contribution is 2.33. The van der Waals surface area contributed by atoms with Crippen LogP contribution in [0.25, 0.3) is 23.2 Å². The summed E-state index contributed by atoms with van der Waals surface area (Å²) in [5, 5.41) is 9.56. The van der Waals surface area contributed by atoms with Crippen molar-refractivity contribution < 1.29 is 9.90 Å². The molecule has 2 aromatic carbocycles. The van der Waals surface area contributed by atoms with E-state index in [1.54, 1.807) is 42.5 Å². The van der Waals surface area contributed by atoms with E-state index in [1.165, 1.54) is 17.2 Å². The number of H-pyrrole nitrogens is 1. The number of aromatic amines is 1. The van der Waals surface area contributed by atoms with Gasteiger partial charge in [0, 0.05) is 6.20 Å². The average Bonchev–Trinajstić information content (AvgIpc) is 2.93. The van der Waals surface area contributed by atoms with Crippen molar-refractivity contribution in [1.82, 2.24) is 14.9 Å². The van der Waals surface area contributed by atoms with Crippen LogP contribution < -0.4 is 5.56 Å². The third-order valence-electron chi connectivity index (χ3n) is 4.00. The summed E-state index contributed by atoms with van der Waals surface area (Å²) in [6.07, 6.45) is 4.58. The minimum atomic E-state index is -0.351. The zero-order valence-corrected chi connectivity index (χ0v) is 16.0. The van der Waals surface area contributed by atoms with Gasteiger partial charge in [-0.2, -0.15) is 0 Å². The largest absolute Gasteiger partial charge is 0.508 e. The Morgan fingerprint density at radius 1 is 1.14 bits per heavy atom. The number of carbonyl (C=O) groups is 1. The van der Waals surface area contributed by atoms with Gasteiger partial charge in [-0.1, -0.05) is 48.2 Å². The summed E-state index contributed by atoms with van der Waals surface area (Å²) < 4.78 is 0.352. The predicted octanol–water partition coefficient (Wildman–Crippen LogP) is 3.50. The van der Waals surface area contributed by atoms with Crippen LogP contribution in [0.5, 0.6) is 5.75 Å². The standard InChI is InChI=1S/C20H13N3O3S2/c24-13-5-3-4-12(10-13)11-17-19(26)23(20(27)28-17)9-8-16-18(25)22-15-7-2-1-6-14(15)21-16/h1-11,24H,(H,22,25)/b9-8-,17-11+. The molecule has 0 unspecified atom stereocenters. The first-order chi connectivity index (χ1) is 13.5. The van der Waals surface area contributed by atoms with Gasteiger partial charge < -0.3 is 10.1 Å². The summed E-state index contributed by atoms with van der Waals surface area (Å²) >= 11 is 6.44. The van der Waals surface area contributed by atoms with E-state index >= 15 is 0 Å². The van der Waals surface area contributed by atoms with Gasteiger partial charge in [0.1, 0.15) is 11.4 Å². The van der Waals surface area contributed by atoms with Crippen molar-refractivity contribution in [1.29, 1.82) is 0 Å². The van der Waals surface area contributed by atoms with Gasteiger partial charge in [0.15, 0.2) is 4.32 Å². The molecule has 2 N–H and O–H groups in total. The summed E-state index contributed by atoms with van der Waals surface area (Å²) in [6, 6.07) is 13.8. The molecule has 0 bridgehead atoms. The van der Waals surface area contributed by atoms with Crippen LogP contribution in [0.15, 0.2) is 64.4 Å². The molecule has 0 spiro atoms. The molecule has 28 heavy (non-hydrogen) atoms. The van der Waals surface area contributed by atoms with E-state index in [0.717, 1.165) is 11.8 Å². The average molecular weight is 407 g/mol. The first-order valence-electron chi connectivity index (χ1n) is 8.24. The third-order valence-corrected chi connectivity index (χ3v) is 5.33. The number of aromatic hydroxyl groups is 1. The Labute approximate surface area is 169 Å². The van der Waals surface area contributed by atoms with Gasteiger partial charge in [-0.15, -0.1) is 0 Å². The number of phenolic OH excluding ortho intramolecular Hbond substituents is 1. The second-order valence-corrected chi connectivity index (χ2v) is 7.61. The molecule has 1 aliphatic heterocycles. The van der Waals surface area contributed by atoms with Crippen LogP contribution in [-0.2, 0) is 4.79 Å². The number of thioether (sulfide) groups is 1. The number of rotatable bonds is 3. The first kappa shape index (κ1) is 18.1. The summed E-state index contributed by atoms with van der Waals surface area (Å²) in [5.41, 5.74) is 1.82. The molecule has 1 amide bonds. The Kier molecular flexibility index (Phi) is 4.81. The molecular formula is C20H13N3O3S2. The number of fused-ring (bicyclic) bond motifs is 1. The number of hydrogen-bond donors (Lipinski definition) is 2. The van der Waals surface area contributed by atoms with Crippen molar-refractivity contribution in [3.05, 3.63) is 81.2 Å². The topological polar surface area (TPSA) is 86.3 Å². The summed E-state index contributed by atoms with van der Waals surface area (Å²) in [6.45, 7) is 0. The van der Waals surface area contributed by atoms with E-state index in [2.05, 4.69) is 9.97 Å². The number of thiocarbonyl (C=S) groups is 1. The lowest BCUT2D eigenvalue weighted by Gasteiger charge is -2.07. The maximum Gasteiger partial charge on any atom is 0.274 e. The van der Waals surface area contributed by atoms with Crippen LogP contribution in [0.3, 0.4) is 0 Å². The minimum absolute atomic E-state index is 0.116. The Hall–Kier alpha value is -3.23. The smallest absolute Gasteiger partial charge is 0.274 e. The zero-order valence-electron chi connectivity index (χ0n) is 14.3. The van der Waals surface area contributed by atoms with E-state index in [-0.39, 0.29) is 22.9 Å². The van der Waals surface area contributed by atoms with Gasteiger partial charge in [-0.05, 0) is 42.0 Å². The van der Waals surface area contributed by atoms with Gasteiger partial charge in [-0.3, -0.25) is 14.5 Å². The molecule has 4 rings (SSSR count). The number of aromatic nitrogens is 2. The second-order valence-electron chi connectivity index (χ2n) is 5.93. The van der Waals surface area contributed by atoms with E-state index in [0.29, 0.717) is 25.8 Å². The van der Waals surface area contributed by atoms with Crippen LogP contribution in [0.2, 0.25) is 0 Å². The molecule has 0 saturated carbocycles. The first-order valence-corrected chi connectivity index (χ1v) is 9.47. The highest BCUT2D eigenvalue weighted by molar-refractivity contribution is 8.26. The number of nitrogens with zero attached hydrogens (tertiary/aromatic N) is 2. The van der Waals surface area contributed by atoms with Crippen molar-refractivity contribution in [3.63, 3.8) is 0 Å². The molecule has 3 aromatic rings. The van der Waals surface area contributed by atoms with Gasteiger partial charge in [0.05, 0.1) is 15.9 Å². The molecule has 138 valence electrons. The van der Waals surface area contributed by atoms with Gasteiger partial charge in [0.2, 0.25) is 0 Å². The number of hydrogen-bond acceptors (Lipinski definition) is 6. The lowest BCUT2D eigenvalue weighted by atomic mass is 10.2. The van der Waals surface area contributed by atoms with Crippen molar-refractivity contribution in [2.24, 2.45) is 0 Å². The number of nitrogens with one attached hydrogen (secondary N) is 1. The van der Waals surface area contributed by atoms with Crippen LogP contribution in [-0.4, -0.2) is 30.2 Å². The second kappa shape index (κ2) is 7.41. The summed E-state index contributed by atoms with van der Waals surface area (Å²) in [7, 11) is 0. The van der Waals surface area contributed by atoms with E-state index in [4.69, 9.17) is 12.2 Å². The number of para-hydroxylation sites is 2. The van der Waals surface area contributed by atoms with Crippen LogP contribution in [0.1, 0.15) is 11.3 Å². The third kappa shape index (κ3) is 3.60. The molecule has 6 nitrogen and oxygen atoms in total. The Morgan fingerprint density at radius 2 is 1.96 bits per heavy atom. The Bertz CT molecular complexity index is 1230. The Balaban J connectivity index is 1.62. The fourth-order valence-corrected chi connectivity index (χ4v) is 3.90. The zero-order chi connectivity index (χ0) is 19.7. The highest BCUT2D eigenvalue weighted by Gasteiger charge is 2.30. The normalized spacial score (nSPS) is 16.0. The molecule has 1 fully saturated rings. The number of amides is 1. The summed E-state index contributed by atoms with van der Waals surface area (Å²) in [4.78, 5) is 33.7. The molecule has 0 aliphatic carbocycles. The van der Waals surface area contributed by atoms with Gasteiger partial charge >= 0.3 is 0 Å². The van der Waals surface area contributed by atoms with E-state index in [9.17, 15) is 14.7 Å². The van der Waals surface area contributed by atoms with E-state index < -0.39 is 0 Å². The lowest BCUT2D eigenvalue weighted by Crippen LogP contribution is -2.22.